The number of rotatable bonds is 6. The van der Waals surface area contributed by atoms with Crippen LogP contribution < -0.4 is 4.90 Å². The minimum absolute atomic E-state index is 0.128. The monoisotopic (exact) mass is 397 g/mol. The van der Waals surface area contributed by atoms with Crippen LogP contribution in [-0.2, 0) is 16.0 Å². The first kappa shape index (κ1) is 20.5. The van der Waals surface area contributed by atoms with Crippen molar-refractivity contribution in [2.45, 2.75) is 24.0 Å². The van der Waals surface area contributed by atoms with Gasteiger partial charge in [-0.2, -0.15) is 0 Å². The first-order valence-electron chi connectivity index (χ1n) is 9.38. The molecule has 4 unspecified atom stereocenters. The normalized spacial score (nSPS) is 25.5. The molecule has 3 rings (SSSR count). The Bertz CT molecular complexity index is 882. The fourth-order valence-electron chi connectivity index (χ4n) is 3.79. The fourth-order valence-corrected chi connectivity index (χ4v) is 4.69. The van der Waals surface area contributed by atoms with Crippen LogP contribution in [-0.4, -0.2) is 40.7 Å². The number of carboxylic acid groups (broad SMARTS) is 1. The van der Waals surface area contributed by atoms with Crippen LogP contribution in [0.5, 0.6) is 0 Å². The number of allylic oxidation sites excluding steroid dienone is 4. The van der Waals surface area contributed by atoms with Crippen LogP contribution >= 0.6 is 0 Å². The molecule has 0 bridgehead atoms. The van der Waals surface area contributed by atoms with Crippen molar-refractivity contribution < 1.29 is 14.5 Å². The van der Waals surface area contributed by atoms with E-state index >= 15 is 0 Å². The Morgan fingerprint density at radius 2 is 2.14 bits per heavy atom. The zero-order valence-electron chi connectivity index (χ0n) is 16.8. The predicted octanol–water partition coefficient (Wildman–Crippen LogP) is 4.14. The van der Waals surface area contributed by atoms with Gasteiger partial charge < -0.3 is 14.6 Å². The lowest BCUT2D eigenvalue weighted by atomic mass is 9.82. The highest BCUT2D eigenvalue weighted by Gasteiger charge is 2.38. The molecule has 2 aliphatic rings. The van der Waals surface area contributed by atoms with Gasteiger partial charge >= 0.3 is 5.97 Å². The Labute approximate surface area is 170 Å². The molecule has 2 aliphatic carbocycles. The van der Waals surface area contributed by atoms with E-state index in [9.17, 15) is 14.5 Å². The summed E-state index contributed by atoms with van der Waals surface area (Å²) in [7, 11) is 4.00. The third-order valence-electron chi connectivity index (χ3n) is 5.63. The van der Waals surface area contributed by atoms with Crippen molar-refractivity contribution >= 4 is 28.9 Å². The highest BCUT2D eigenvalue weighted by Crippen LogP contribution is 2.42. The van der Waals surface area contributed by atoms with Gasteiger partial charge in [0.1, 0.15) is 0 Å². The number of anilines is 1. The van der Waals surface area contributed by atoms with Crippen LogP contribution in [0.4, 0.5) is 5.69 Å². The van der Waals surface area contributed by atoms with Crippen molar-refractivity contribution in [1.82, 2.24) is 0 Å². The largest absolute Gasteiger partial charge is 0.616 e. The summed E-state index contributed by atoms with van der Waals surface area (Å²) in [6.45, 7) is 1.71. The molecule has 0 spiro atoms. The van der Waals surface area contributed by atoms with Crippen LogP contribution in [0.25, 0.3) is 6.08 Å². The van der Waals surface area contributed by atoms with Gasteiger partial charge in [0.2, 0.25) is 0 Å². The molecule has 4 nitrogen and oxygen atoms in total. The van der Waals surface area contributed by atoms with Gasteiger partial charge in [0, 0.05) is 32.1 Å². The van der Waals surface area contributed by atoms with Crippen LogP contribution in [0.15, 0.2) is 60.2 Å². The van der Waals surface area contributed by atoms with Gasteiger partial charge in [0.15, 0.2) is 4.75 Å². The number of fused-ring (bicyclic) bond motifs is 1. The summed E-state index contributed by atoms with van der Waals surface area (Å²) in [6.07, 6.45) is 16.1. The van der Waals surface area contributed by atoms with Gasteiger partial charge in [-0.1, -0.05) is 36.4 Å². The summed E-state index contributed by atoms with van der Waals surface area (Å²) in [4.78, 5) is 13.9. The molecule has 0 heterocycles. The van der Waals surface area contributed by atoms with Crippen LogP contribution in [0, 0.1) is 5.92 Å². The van der Waals surface area contributed by atoms with Crippen molar-refractivity contribution in [3.8, 4) is 0 Å². The minimum atomic E-state index is -1.17. The molecule has 0 aromatic heterocycles. The van der Waals surface area contributed by atoms with Gasteiger partial charge in [-0.15, -0.1) is 0 Å². The third kappa shape index (κ3) is 3.82. The Morgan fingerprint density at radius 3 is 2.71 bits per heavy atom. The van der Waals surface area contributed by atoms with E-state index < -0.39 is 27.8 Å². The number of hydrogen-bond acceptors (Lipinski definition) is 3. The molecule has 4 atom stereocenters. The zero-order chi connectivity index (χ0) is 20.5. The van der Waals surface area contributed by atoms with Crippen molar-refractivity contribution in [2.75, 3.05) is 25.3 Å². The SMILES string of the molecule is CC(C(=O)O)C(=CC1([S+](C)[O-])C=CC=CC1)C1C=Cc2cc(N(C)C)ccc21. The Hall–Kier alpha value is -2.24. The molecule has 0 fully saturated rings. The Morgan fingerprint density at radius 1 is 1.39 bits per heavy atom. The number of carbonyl (C=O) groups is 1. The highest BCUT2D eigenvalue weighted by atomic mass is 32.2. The number of aliphatic carboxylic acids is 1. The van der Waals surface area contributed by atoms with E-state index in [4.69, 9.17) is 0 Å². The van der Waals surface area contributed by atoms with Crippen LogP contribution in [0.1, 0.15) is 30.4 Å². The van der Waals surface area contributed by atoms with E-state index in [1.807, 2.05) is 49.4 Å². The van der Waals surface area contributed by atoms with E-state index in [2.05, 4.69) is 30.4 Å². The maximum absolute atomic E-state index is 12.6. The zero-order valence-corrected chi connectivity index (χ0v) is 17.6. The van der Waals surface area contributed by atoms with E-state index in [0.717, 1.165) is 22.4 Å². The van der Waals surface area contributed by atoms with Gasteiger partial charge in [-0.05, 0) is 59.1 Å². The Kier molecular flexibility index (Phi) is 5.87. The standard InChI is InChI=1S/C23H27NO3S/c1-16(22(25)26)21(15-23(28(4)27)12-6-5-7-13-23)20-10-8-17-14-18(24(2)3)9-11-19(17)20/h5-12,14-16,20H,13H2,1-4H3,(H,25,26). The maximum Gasteiger partial charge on any atom is 0.310 e. The second kappa shape index (κ2) is 8.02. The number of hydrogen-bond donors (Lipinski definition) is 1. The molecule has 28 heavy (non-hydrogen) atoms. The first-order chi connectivity index (χ1) is 13.2. The molecule has 0 saturated carbocycles. The lowest BCUT2D eigenvalue weighted by Gasteiger charge is -2.31. The fraction of sp³-hybridized carbons (Fsp3) is 0.348. The lowest BCUT2D eigenvalue weighted by molar-refractivity contribution is -0.139. The second-order valence-corrected chi connectivity index (χ2v) is 9.32. The first-order valence-corrected chi connectivity index (χ1v) is 10.9. The van der Waals surface area contributed by atoms with E-state index in [-0.39, 0.29) is 5.92 Å². The molecular formula is C23H27NO3S. The van der Waals surface area contributed by atoms with E-state index in [1.165, 1.54) is 0 Å². The summed E-state index contributed by atoms with van der Waals surface area (Å²) in [5.41, 5.74) is 4.09. The van der Waals surface area contributed by atoms with Crippen molar-refractivity contribution in [1.29, 1.82) is 0 Å². The summed E-state index contributed by atoms with van der Waals surface area (Å²) in [5, 5.41) is 9.75. The van der Waals surface area contributed by atoms with Crippen LogP contribution in [0.2, 0.25) is 0 Å². The smallest absolute Gasteiger partial charge is 0.310 e. The predicted molar refractivity (Wildman–Crippen MR) is 117 cm³/mol. The van der Waals surface area contributed by atoms with Crippen molar-refractivity contribution in [2.24, 2.45) is 5.92 Å². The number of benzene rings is 1. The molecule has 0 saturated heterocycles. The molecule has 148 valence electrons. The van der Waals surface area contributed by atoms with Gasteiger partial charge in [-0.25, -0.2) is 0 Å². The number of nitrogens with zero attached hydrogens (tertiary/aromatic N) is 1. The topological polar surface area (TPSA) is 63.6 Å². The molecule has 0 amide bonds. The third-order valence-corrected chi connectivity index (χ3v) is 7.12. The maximum atomic E-state index is 12.6. The lowest BCUT2D eigenvalue weighted by Crippen LogP contribution is -2.36. The quantitative estimate of drug-likeness (QED) is 0.579. The molecule has 1 aromatic carbocycles. The average molecular weight is 398 g/mol. The average Bonchev–Trinajstić information content (AvgIpc) is 3.09. The molecule has 1 N–H and O–H groups in total. The van der Waals surface area contributed by atoms with Crippen molar-refractivity contribution in [3.05, 3.63) is 71.4 Å². The highest BCUT2D eigenvalue weighted by molar-refractivity contribution is 7.92. The minimum Gasteiger partial charge on any atom is -0.616 e. The summed E-state index contributed by atoms with van der Waals surface area (Å²) in [6, 6.07) is 6.24. The number of carboxylic acids is 1. The second-order valence-electron chi connectivity index (χ2n) is 7.65. The molecule has 1 aromatic rings. The van der Waals surface area contributed by atoms with Gasteiger partial charge in [0.05, 0.1) is 12.2 Å². The van der Waals surface area contributed by atoms with Crippen molar-refractivity contribution in [3.63, 3.8) is 0 Å². The molecular weight excluding hydrogens is 370 g/mol. The van der Waals surface area contributed by atoms with Gasteiger partial charge in [0.25, 0.3) is 0 Å². The van der Waals surface area contributed by atoms with E-state index in [0.29, 0.717) is 6.42 Å². The van der Waals surface area contributed by atoms with Crippen LogP contribution in [0.3, 0.4) is 0 Å². The summed E-state index contributed by atoms with van der Waals surface area (Å²) >= 11 is -1.17. The summed E-state index contributed by atoms with van der Waals surface area (Å²) in [5.74, 6) is -1.67. The Balaban J connectivity index is 2.09. The molecule has 0 aliphatic heterocycles. The van der Waals surface area contributed by atoms with E-state index in [1.54, 1.807) is 13.2 Å². The van der Waals surface area contributed by atoms with Gasteiger partial charge in [-0.3, -0.25) is 4.79 Å². The summed E-state index contributed by atoms with van der Waals surface area (Å²) < 4.78 is 12.0. The molecule has 5 heteroatoms. The molecule has 0 radical (unpaired) electrons.